The van der Waals surface area contributed by atoms with Gasteiger partial charge in [0.15, 0.2) is 5.78 Å². The van der Waals surface area contributed by atoms with Crippen molar-refractivity contribution in [3.63, 3.8) is 0 Å². The van der Waals surface area contributed by atoms with Crippen molar-refractivity contribution in [1.82, 2.24) is 0 Å². The zero-order valence-corrected chi connectivity index (χ0v) is 10.5. The van der Waals surface area contributed by atoms with E-state index in [1.807, 2.05) is 0 Å². The molecule has 2 rings (SSSR count). The number of ketones is 1. The average Bonchev–Trinajstić information content (AvgIpc) is 2.82. The number of Topliss-reactive ketones (excluding diaryl/α,β-unsaturated/α-hetero) is 1. The van der Waals surface area contributed by atoms with Crippen LogP contribution in [0.5, 0.6) is 0 Å². The summed E-state index contributed by atoms with van der Waals surface area (Å²) in [6, 6.07) is 7.04. The van der Waals surface area contributed by atoms with Crippen molar-refractivity contribution in [2.45, 2.75) is 26.2 Å². The third-order valence-electron chi connectivity index (χ3n) is 3.11. The minimum Gasteiger partial charge on any atom is -0.326 e. The second-order valence-electron chi connectivity index (χ2n) is 4.65. The number of amides is 1. The highest BCUT2D eigenvalue weighted by Gasteiger charge is 2.14. The van der Waals surface area contributed by atoms with Crippen LogP contribution in [0.15, 0.2) is 36.4 Å². The molecule has 94 valence electrons. The molecule has 1 aliphatic carbocycles. The molecule has 3 nitrogen and oxygen atoms in total. The van der Waals surface area contributed by atoms with Crippen molar-refractivity contribution < 1.29 is 9.59 Å². The first-order valence-corrected chi connectivity index (χ1v) is 6.22. The number of benzene rings is 1. The highest BCUT2D eigenvalue weighted by Crippen LogP contribution is 2.21. The van der Waals surface area contributed by atoms with Crippen LogP contribution in [0.25, 0.3) is 0 Å². The monoisotopic (exact) mass is 243 g/mol. The molecule has 1 N–H and O–H groups in total. The highest BCUT2D eigenvalue weighted by atomic mass is 16.1. The highest BCUT2D eigenvalue weighted by molar-refractivity contribution is 5.97. The Balaban J connectivity index is 1.95. The van der Waals surface area contributed by atoms with Gasteiger partial charge in [-0.05, 0) is 37.8 Å². The summed E-state index contributed by atoms with van der Waals surface area (Å²) in [7, 11) is 0. The molecule has 0 aliphatic heterocycles. The third-order valence-corrected chi connectivity index (χ3v) is 3.11. The summed E-state index contributed by atoms with van der Waals surface area (Å²) in [5.74, 6) is 0.373. The van der Waals surface area contributed by atoms with Gasteiger partial charge in [0.25, 0.3) is 0 Å². The predicted molar refractivity (Wildman–Crippen MR) is 71.6 cm³/mol. The fraction of sp³-hybridized carbons (Fsp3) is 0.333. The average molecular weight is 243 g/mol. The number of nitrogens with one attached hydrogen (secondary N) is 1. The van der Waals surface area contributed by atoms with E-state index < -0.39 is 0 Å². The molecule has 0 spiro atoms. The minimum absolute atomic E-state index is 0.00447. The first-order chi connectivity index (χ1) is 8.65. The molecule has 0 aromatic heterocycles. The van der Waals surface area contributed by atoms with Gasteiger partial charge >= 0.3 is 0 Å². The van der Waals surface area contributed by atoms with Crippen molar-refractivity contribution in [3.05, 3.63) is 42.0 Å². The van der Waals surface area contributed by atoms with Crippen molar-refractivity contribution in [2.75, 3.05) is 5.32 Å². The Morgan fingerprint density at radius 2 is 2.22 bits per heavy atom. The molecular weight excluding hydrogens is 226 g/mol. The van der Waals surface area contributed by atoms with E-state index in [0.717, 1.165) is 12.8 Å². The summed E-state index contributed by atoms with van der Waals surface area (Å²) in [5, 5.41) is 2.84. The van der Waals surface area contributed by atoms with Crippen LogP contribution < -0.4 is 5.32 Å². The molecule has 0 fully saturated rings. The van der Waals surface area contributed by atoms with Crippen LogP contribution in [-0.4, -0.2) is 11.7 Å². The van der Waals surface area contributed by atoms with E-state index in [1.54, 1.807) is 24.3 Å². The van der Waals surface area contributed by atoms with Crippen molar-refractivity contribution in [2.24, 2.45) is 5.92 Å². The fourth-order valence-electron chi connectivity index (χ4n) is 2.13. The summed E-state index contributed by atoms with van der Waals surface area (Å²) in [6.45, 7) is 1.52. The van der Waals surface area contributed by atoms with E-state index in [2.05, 4.69) is 17.5 Å². The lowest BCUT2D eigenvalue weighted by Gasteiger charge is -2.09. The molecule has 0 bridgehead atoms. The smallest absolute Gasteiger partial charge is 0.224 e. The van der Waals surface area contributed by atoms with Gasteiger partial charge in [0.05, 0.1) is 0 Å². The van der Waals surface area contributed by atoms with Crippen LogP contribution in [0.4, 0.5) is 5.69 Å². The molecule has 0 saturated heterocycles. The zero-order chi connectivity index (χ0) is 13.0. The standard InChI is InChI=1S/C15H17NO2/c1-11(17)13-7-4-8-14(10-13)16-15(18)9-12-5-2-3-6-12/h2,4-5,7-8,10,12H,3,6,9H2,1H3,(H,16,18). The first-order valence-electron chi connectivity index (χ1n) is 6.22. The predicted octanol–water partition coefficient (Wildman–Crippen LogP) is 3.18. The summed E-state index contributed by atoms with van der Waals surface area (Å²) in [5.41, 5.74) is 1.31. The number of hydrogen-bond acceptors (Lipinski definition) is 2. The lowest BCUT2D eigenvalue weighted by Crippen LogP contribution is -2.15. The molecule has 0 saturated carbocycles. The number of rotatable bonds is 4. The Morgan fingerprint density at radius 3 is 2.89 bits per heavy atom. The zero-order valence-electron chi connectivity index (χ0n) is 10.5. The number of anilines is 1. The third kappa shape index (κ3) is 3.29. The van der Waals surface area contributed by atoms with Gasteiger partial charge in [-0.1, -0.05) is 24.3 Å². The van der Waals surface area contributed by atoms with Crippen LogP contribution in [0.3, 0.4) is 0 Å². The second-order valence-corrected chi connectivity index (χ2v) is 4.65. The molecule has 1 aromatic carbocycles. The maximum Gasteiger partial charge on any atom is 0.224 e. The van der Waals surface area contributed by atoms with Gasteiger partial charge in [0, 0.05) is 17.7 Å². The molecule has 0 heterocycles. The lowest BCUT2D eigenvalue weighted by atomic mass is 10.0. The summed E-state index contributed by atoms with van der Waals surface area (Å²) in [6.07, 6.45) is 6.86. The minimum atomic E-state index is 0.00447. The van der Waals surface area contributed by atoms with E-state index in [9.17, 15) is 9.59 Å². The fourth-order valence-corrected chi connectivity index (χ4v) is 2.13. The summed E-state index contributed by atoms with van der Waals surface area (Å²) < 4.78 is 0. The maximum atomic E-state index is 11.8. The van der Waals surface area contributed by atoms with Gasteiger partial charge in [-0.3, -0.25) is 9.59 Å². The van der Waals surface area contributed by atoms with Gasteiger partial charge in [-0.25, -0.2) is 0 Å². The second kappa shape index (κ2) is 5.63. The Kier molecular flexibility index (Phi) is 3.92. The summed E-state index contributed by atoms with van der Waals surface area (Å²) in [4.78, 5) is 23.1. The topological polar surface area (TPSA) is 46.2 Å². The Morgan fingerprint density at radius 1 is 1.39 bits per heavy atom. The molecule has 3 heteroatoms. The van der Waals surface area contributed by atoms with Gasteiger partial charge < -0.3 is 5.32 Å². The van der Waals surface area contributed by atoms with Crippen LogP contribution in [-0.2, 0) is 4.79 Å². The molecule has 18 heavy (non-hydrogen) atoms. The first kappa shape index (κ1) is 12.6. The number of hydrogen-bond donors (Lipinski definition) is 1. The summed E-state index contributed by atoms with van der Waals surface area (Å²) >= 11 is 0. The molecule has 1 unspecified atom stereocenters. The Hall–Kier alpha value is -1.90. The van der Waals surface area contributed by atoms with Crippen LogP contribution in [0, 0.1) is 5.92 Å². The maximum absolute atomic E-state index is 11.8. The molecule has 0 radical (unpaired) electrons. The van der Waals surface area contributed by atoms with Crippen LogP contribution in [0.2, 0.25) is 0 Å². The van der Waals surface area contributed by atoms with Crippen LogP contribution >= 0.6 is 0 Å². The Labute approximate surface area is 107 Å². The lowest BCUT2D eigenvalue weighted by molar-refractivity contribution is -0.116. The molecule has 1 amide bonds. The number of allylic oxidation sites excluding steroid dienone is 2. The van der Waals surface area contributed by atoms with Crippen molar-refractivity contribution in [1.29, 1.82) is 0 Å². The van der Waals surface area contributed by atoms with Crippen LogP contribution in [0.1, 0.15) is 36.5 Å². The van der Waals surface area contributed by atoms with E-state index in [0.29, 0.717) is 23.6 Å². The molecular formula is C15H17NO2. The quantitative estimate of drug-likeness (QED) is 0.652. The Bertz CT molecular complexity index is 491. The molecule has 1 aromatic rings. The van der Waals surface area contributed by atoms with E-state index >= 15 is 0 Å². The molecule has 1 aliphatic rings. The normalized spacial score (nSPS) is 17.7. The number of carbonyl (C=O) groups is 2. The van der Waals surface area contributed by atoms with Gasteiger partial charge in [-0.15, -0.1) is 0 Å². The van der Waals surface area contributed by atoms with Gasteiger partial charge in [0.1, 0.15) is 0 Å². The van der Waals surface area contributed by atoms with E-state index in [-0.39, 0.29) is 11.7 Å². The van der Waals surface area contributed by atoms with Gasteiger partial charge in [0.2, 0.25) is 5.91 Å². The number of carbonyl (C=O) groups excluding carboxylic acids is 2. The van der Waals surface area contributed by atoms with Gasteiger partial charge in [-0.2, -0.15) is 0 Å². The SMILES string of the molecule is CC(=O)c1cccc(NC(=O)CC2C=CCC2)c1. The van der Waals surface area contributed by atoms with E-state index in [1.165, 1.54) is 6.92 Å². The van der Waals surface area contributed by atoms with Crippen molar-refractivity contribution >= 4 is 17.4 Å². The van der Waals surface area contributed by atoms with E-state index in [4.69, 9.17) is 0 Å². The van der Waals surface area contributed by atoms with Crippen molar-refractivity contribution in [3.8, 4) is 0 Å². The molecule has 1 atom stereocenters. The largest absolute Gasteiger partial charge is 0.326 e.